The van der Waals surface area contributed by atoms with Gasteiger partial charge in [0.25, 0.3) is 5.91 Å². The SMILES string of the molecule is O=C(NCCCOc1cccc2cccnc12)C1=Cc2ccccc2OC1. The minimum absolute atomic E-state index is 0.101. The first-order valence-corrected chi connectivity index (χ1v) is 8.98. The van der Waals surface area contributed by atoms with E-state index in [-0.39, 0.29) is 5.91 Å². The maximum absolute atomic E-state index is 12.3. The highest BCUT2D eigenvalue weighted by molar-refractivity contribution is 5.99. The lowest BCUT2D eigenvalue weighted by atomic mass is 10.1. The lowest BCUT2D eigenvalue weighted by molar-refractivity contribution is -0.117. The topological polar surface area (TPSA) is 60.5 Å². The number of ether oxygens (including phenoxy) is 2. The maximum atomic E-state index is 12.3. The molecule has 1 aromatic heterocycles. The zero-order valence-corrected chi connectivity index (χ0v) is 14.9. The van der Waals surface area contributed by atoms with Crippen molar-refractivity contribution in [2.45, 2.75) is 6.42 Å². The number of aromatic nitrogens is 1. The fourth-order valence-corrected chi connectivity index (χ4v) is 3.01. The minimum atomic E-state index is -0.101. The molecule has 0 fully saturated rings. The first-order valence-electron chi connectivity index (χ1n) is 8.98. The van der Waals surface area contributed by atoms with Gasteiger partial charge in [-0.15, -0.1) is 0 Å². The van der Waals surface area contributed by atoms with E-state index in [1.807, 2.05) is 60.7 Å². The minimum Gasteiger partial charge on any atom is -0.491 e. The van der Waals surface area contributed by atoms with E-state index in [0.29, 0.717) is 31.8 Å². The molecule has 0 saturated carbocycles. The molecule has 1 N–H and O–H groups in total. The van der Waals surface area contributed by atoms with E-state index in [1.54, 1.807) is 6.20 Å². The van der Waals surface area contributed by atoms with Crippen molar-refractivity contribution in [1.29, 1.82) is 0 Å². The number of fused-ring (bicyclic) bond motifs is 2. The van der Waals surface area contributed by atoms with Crippen LogP contribution in [0.2, 0.25) is 0 Å². The smallest absolute Gasteiger partial charge is 0.250 e. The average Bonchev–Trinajstić information content (AvgIpc) is 2.73. The van der Waals surface area contributed by atoms with Crippen molar-refractivity contribution in [3.63, 3.8) is 0 Å². The third-order valence-corrected chi connectivity index (χ3v) is 4.38. The highest BCUT2D eigenvalue weighted by Crippen LogP contribution is 2.25. The second-order valence-corrected chi connectivity index (χ2v) is 6.29. The molecule has 1 aliphatic heterocycles. The van der Waals surface area contributed by atoms with E-state index in [9.17, 15) is 4.79 Å². The van der Waals surface area contributed by atoms with Crippen molar-refractivity contribution in [1.82, 2.24) is 10.3 Å². The van der Waals surface area contributed by atoms with Crippen LogP contribution >= 0.6 is 0 Å². The van der Waals surface area contributed by atoms with Gasteiger partial charge in [0, 0.05) is 23.7 Å². The Labute approximate surface area is 157 Å². The molecule has 2 heterocycles. The molecule has 136 valence electrons. The summed E-state index contributed by atoms with van der Waals surface area (Å²) >= 11 is 0. The highest BCUT2D eigenvalue weighted by atomic mass is 16.5. The number of carbonyl (C=O) groups is 1. The summed E-state index contributed by atoms with van der Waals surface area (Å²) in [6.07, 6.45) is 4.35. The van der Waals surface area contributed by atoms with E-state index in [0.717, 1.165) is 28.0 Å². The molecule has 27 heavy (non-hydrogen) atoms. The van der Waals surface area contributed by atoms with Gasteiger partial charge in [0.2, 0.25) is 0 Å². The number of hydrogen-bond donors (Lipinski definition) is 1. The molecule has 1 aliphatic rings. The zero-order valence-electron chi connectivity index (χ0n) is 14.9. The van der Waals surface area contributed by atoms with Crippen molar-refractivity contribution in [3.8, 4) is 11.5 Å². The van der Waals surface area contributed by atoms with Gasteiger partial charge in [0.1, 0.15) is 23.6 Å². The van der Waals surface area contributed by atoms with Crippen LogP contribution in [0.3, 0.4) is 0 Å². The van der Waals surface area contributed by atoms with Gasteiger partial charge in [-0.3, -0.25) is 9.78 Å². The Bertz CT molecular complexity index is 992. The summed E-state index contributed by atoms with van der Waals surface area (Å²) in [5.74, 6) is 1.47. The Morgan fingerprint density at radius 2 is 2.00 bits per heavy atom. The van der Waals surface area contributed by atoms with E-state index in [4.69, 9.17) is 9.47 Å². The molecule has 5 heteroatoms. The molecule has 4 rings (SSSR count). The van der Waals surface area contributed by atoms with Crippen LogP contribution in [-0.4, -0.2) is 30.6 Å². The average molecular weight is 360 g/mol. The first-order chi connectivity index (χ1) is 13.3. The fraction of sp³-hybridized carbons (Fsp3) is 0.182. The molecular formula is C22H20N2O3. The number of para-hydroxylation sites is 2. The molecule has 2 aromatic carbocycles. The number of amides is 1. The molecule has 0 saturated heterocycles. The van der Waals surface area contributed by atoms with Gasteiger partial charge in [-0.05, 0) is 30.7 Å². The molecule has 5 nitrogen and oxygen atoms in total. The highest BCUT2D eigenvalue weighted by Gasteiger charge is 2.16. The standard InChI is InChI=1S/C22H20N2O3/c25-22(18-14-17-6-1-2-9-19(17)27-15-18)24-12-5-13-26-20-10-3-7-16-8-4-11-23-21(16)20/h1-4,6-11,14H,5,12-13,15H2,(H,24,25). The van der Waals surface area contributed by atoms with Crippen LogP contribution in [0.25, 0.3) is 17.0 Å². The fourth-order valence-electron chi connectivity index (χ4n) is 3.01. The second-order valence-electron chi connectivity index (χ2n) is 6.29. The monoisotopic (exact) mass is 360 g/mol. The van der Waals surface area contributed by atoms with Crippen LogP contribution in [0.4, 0.5) is 0 Å². The van der Waals surface area contributed by atoms with Gasteiger partial charge in [-0.1, -0.05) is 36.4 Å². The Morgan fingerprint density at radius 1 is 1.11 bits per heavy atom. The van der Waals surface area contributed by atoms with Crippen LogP contribution in [-0.2, 0) is 4.79 Å². The predicted molar refractivity (Wildman–Crippen MR) is 105 cm³/mol. The second kappa shape index (κ2) is 7.91. The van der Waals surface area contributed by atoms with Crippen LogP contribution in [0.5, 0.6) is 11.5 Å². The van der Waals surface area contributed by atoms with Crippen LogP contribution in [0.1, 0.15) is 12.0 Å². The third kappa shape index (κ3) is 3.92. The maximum Gasteiger partial charge on any atom is 0.250 e. The number of nitrogens with zero attached hydrogens (tertiary/aromatic N) is 1. The zero-order chi connectivity index (χ0) is 18.5. The van der Waals surface area contributed by atoms with Crippen molar-refractivity contribution in [2.75, 3.05) is 19.8 Å². The van der Waals surface area contributed by atoms with Crippen molar-refractivity contribution >= 4 is 22.9 Å². The summed E-state index contributed by atoms with van der Waals surface area (Å²) < 4.78 is 11.5. The number of nitrogens with one attached hydrogen (secondary N) is 1. The van der Waals surface area contributed by atoms with Crippen molar-refractivity contribution in [2.24, 2.45) is 0 Å². The van der Waals surface area contributed by atoms with E-state index in [2.05, 4.69) is 10.3 Å². The molecule has 0 atom stereocenters. The molecule has 0 aliphatic carbocycles. The quantitative estimate of drug-likeness (QED) is 0.683. The first kappa shape index (κ1) is 17.1. The molecule has 0 radical (unpaired) electrons. The van der Waals surface area contributed by atoms with Crippen LogP contribution in [0.15, 0.2) is 66.4 Å². The number of pyridine rings is 1. The summed E-state index contributed by atoms with van der Waals surface area (Å²) in [5, 5.41) is 3.97. The number of benzene rings is 2. The molecule has 0 spiro atoms. The van der Waals surface area contributed by atoms with Crippen molar-refractivity contribution in [3.05, 3.63) is 71.9 Å². The van der Waals surface area contributed by atoms with E-state index >= 15 is 0 Å². The normalized spacial score (nSPS) is 12.7. The number of hydrogen-bond acceptors (Lipinski definition) is 4. The predicted octanol–water partition coefficient (Wildman–Crippen LogP) is 3.60. The largest absolute Gasteiger partial charge is 0.491 e. The lowest BCUT2D eigenvalue weighted by Gasteiger charge is -2.17. The molecule has 1 amide bonds. The third-order valence-electron chi connectivity index (χ3n) is 4.38. The van der Waals surface area contributed by atoms with Crippen molar-refractivity contribution < 1.29 is 14.3 Å². The van der Waals surface area contributed by atoms with Gasteiger partial charge < -0.3 is 14.8 Å². The van der Waals surface area contributed by atoms with Gasteiger partial charge in [0.05, 0.1) is 12.2 Å². The molecular weight excluding hydrogens is 340 g/mol. The van der Waals surface area contributed by atoms with Gasteiger partial charge >= 0.3 is 0 Å². The molecule has 0 unspecified atom stereocenters. The Hall–Kier alpha value is -3.34. The molecule has 3 aromatic rings. The Kier molecular flexibility index (Phi) is 5.01. The summed E-state index contributed by atoms with van der Waals surface area (Å²) in [4.78, 5) is 16.7. The number of carbonyl (C=O) groups excluding carboxylic acids is 1. The summed E-state index contributed by atoms with van der Waals surface area (Å²) in [6.45, 7) is 1.34. The van der Waals surface area contributed by atoms with Gasteiger partial charge in [0.15, 0.2) is 0 Å². The number of rotatable bonds is 6. The lowest BCUT2D eigenvalue weighted by Crippen LogP contribution is -2.30. The van der Waals surface area contributed by atoms with E-state index < -0.39 is 0 Å². The van der Waals surface area contributed by atoms with Crippen LogP contribution in [0, 0.1) is 0 Å². The van der Waals surface area contributed by atoms with Gasteiger partial charge in [-0.2, -0.15) is 0 Å². The summed E-state index contributed by atoms with van der Waals surface area (Å²) in [6, 6.07) is 17.5. The summed E-state index contributed by atoms with van der Waals surface area (Å²) in [7, 11) is 0. The Balaban J connectivity index is 1.27. The Morgan fingerprint density at radius 3 is 2.96 bits per heavy atom. The van der Waals surface area contributed by atoms with Gasteiger partial charge in [-0.25, -0.2) is 0 Å². The molecule has 0 bridgehead atoms. The summed E-state index contributed by atoms with van der Waals surface area (Å²) in [5.41, 5.74) is 2.42. The van der Waals surface area contributed by atoms with E-state index in [1.165, 1.54) is 0 Å². The van der Waals surface area contributed by atoms with Crippen LogP contribution < -0.4 is 14.8 Å².